The number of imide groups is 1. The Labute approximate surface area is 112 Å². The van der Waals surface area contributed by atoms with Gasteiger partial charge in [0, 0.05) is 6.42 Å². The lowest BCUT2D eigenvalue weighted by molar-refractivity contribution is -0.133. The molecule has 2 aliphatic heterocycles. The molecule has 1 unspecified atom stereocenters. The third-order valence-corrected chi connectivity index (χ3v) is 3.38. The van der Waals surface area contributed by atoms with E-state index in [0.29, 0.717) is 0 Å². The number of Topliss-reactive ketones (excluding diaryl/α,β-unsaturated/α-hetero) is 1. The molecule has 3 rings (SSSR count). The van der Waals surface area contributed by atoms with Crippen molar-refractivity contribution in [2.75, 3.05) is 6.54 Å². The summed E-state index contributed by atoms with van der Waals surface area (Å²) in [5.41, 5.74) is -0.0388. The number of ketones is 1. The van der Waals surface area contributed by atoms with Crippen LogP contribution in [0.5, 0.6) is 0 Å². The summed E-state index contributed by atoms with van der Waals surface area (Å²) in [5, 5.41) is 2.33. The maximum atomic E-state index is 13.2. The smallest absolute Gasteiger partial charge is 0.262 e. The molecule has 1 aromatic carbocycles. The first kappa shape index (κ1) is 12.5. The molecule has 7 heteroatoms. The largest absolute Gasteiger partial charge is 0.347 e. The van der Waals surface area contributed by atoms with E-state index in [-0.39, 0.29) is 29.9 Å². The maximum absolute atomic E-state index is 13.2. The van der Waals surface area contributed by atoms with E-state index in [1.54, 1.807) is 0 Å². The number of halogens is 1. The second-order valence-corrected chi connectivity index (χ2v) is 4.65. The first-order chi connectivity index (χ1) is 9.49. The first-order valence-corrected chi connectivity index (χ1v) is 5.96. The molecule has 0 aromatic heterocycles. The number of nitrogens with zero attached hydrogens (tertiary/aromatic N) is 1. The zero-order valence-electron chi connectivity index (χ0n) is 10.2. The van der Waals surface area contributed by atoms with Gasteiger partial charge in [0.05, 0.1) is 17.7 Å². The summed E-state index contributed by atoms with van der Waals surface area (Å²) >= 11 is 0. The van der Waals surface area contributed by atoms with Crippen LogP contribution in [0.1, 0.15) is 27.1 Å². The fourth-order valence-electron chi connectivity index (χ4n) is 2.41. The van der Waals surface area contributed by atoms with E-state index in [2.05, 4.69) is 5.32 Å². The lowest BCUT2D eigenvalue weighted by Gasteiger charge is -2.27. The van der Waals surface area contributed by atoms with Crippen molar-refractivity contribution in [1.29, 1.82) is 0 Å². The van der Waals surface area contributed by atoms with E-state index in [0.717, 1.165) is 17.0 Å². The predicted molar refractivity (Wildman–Crippen MR) is 63.3 cm³/mol. The van der Waals surface area contributed by atoms with Crippen LogP contribution < -0.4 is 5.32 Å². The van der Waals surface area contributed by atoms with Crippen LogP contribution in [0.3, 0.4) is 0 Å². The van der Waals surface area contributed by atoms with Gasteiger partial charge in [0.25, 0.3) is 11.8 Å². The summed E-state index contributed by atoms with van der Waals surface area (Å²) in [7, 11) is 0. The number of carbonyl (C=O) groups excluding carboxylic acids is 4. The number of rotatable bonds is 1. The van der Waals surface area contributed by atoms with E-state index in [1.807, 2.05) is 0 Å². The fraction of sp³-hybridized carbons (Fsp3) is 0.231. The molecule has 3 amide bonds. The average Bonchev–Trinajstić information content (AvgIpc) is 2.65. The Balaban J connectivity index is 2.01. The van der Waals surface area contributed by atoms with Crippen molar-refractivity contribution in [3.63, 3.8) is 0 Å². The van der Waals surface area contributed by atoms with Crippen molar-refractivity contribution in [3.8, 4) is 0 Å². The van der Waals surface area contributed by atoms with Gasteiger partial charge in [-0.05, 0) is 18.2 Å². The normalized spacial score (nSPS) is 22.1. The van der Waals surface area contributed by atoms with Crippen LogP contribution in [0.15, 0.2) is 18.2 Å². The van der Waals surface area contributed by atoms with Crippen molar-refractivity contribution in [2.45, 2.75) is 12.5 Å². The molecule has 0 saturated carbocycles. The second-order valence-electron chi connectivity index (χ2n) is 4.65. The Hall–Kier alpha value is -2.57. The molecule has 1 aromatic rings. The number of fused-ring (bicyclic) bond motifs is 1. The minimum Gasteiger partial charge on any atom is -0.347 e. The molecule has 0 bridgehead atoms. The Bertz CT molecular complexity index is 670. The highest BCUT2D eigenvalue weighted by Gasteiger charge is 2.44. The molecule has 1 atom stereocenters. The van der Waals surface area contributed by atoms with Crippen LogP contribution in [-0.2, 0) is 9.59 Å². The van der Waals surface area contributed by atoms with Crippen molar-refractivity contribution in [1.82, 2.24) is 10.2 Å². The molecule has 2 aliphatic rings. The van der Waals surface area contributed by atoms with Crippen LogP contribution in [0, 0.1) is 5.82 Å². The SMILES string of the molecule is O=C1CNC(=O)C(N2C(=O)c3ccc(F)cc3C2=O)C1. The van der Waals surface area contributed by atoms with Crippen LogP contribution in [-0.4, -0.2) is 41.0 Å². The number of carbonyl (C=O) groups is 4. The Morgan fingerprint density at radius 3 is 2.55 bits per heavy atom. The predicted octanol–water partition coefficient (Wildman–Crippen LogP) is -0.121. The van der Waals surface area contributed by atoms with Gasteiger partial charge in [0.15, 0.2) is 5.78 Å². The number of hydrogen-bond acceptors (Lipinski definition) is 4. The topological polar surface area (TPSA) is 83.6 Å². The summed E-state index contributed by atoms with van der Waals surface area (Å²) in [6.07, 6.45) is -0.209. The monoisotopic (exact) mass is 276 g/mol. The minimum atomic E-state index is -1.16. The second kappa shape index (κ2) is 4.22. The van der Waals surface area contributed by atoms with Gasteiger partial charge in [-0.25, -0.2) is 4.39 Å². The van der Waals surface area contributed by atoms with Gasteiger partial charge in [-0.15, -0.1) is 0 Å². The Morgan fingerprint density at radius 2 is 1.80 bits per heavy atom. The van der Waals surface area contributed by atoms with Gasteiger partial charge in [0.1, 0.15) is 11.9 Å². The van der Waals surface area contributed by atoms with Crippen molar-refractivity contribution in [2.24, 2.45) is 0 Å². The summed E-state index contributed by atoms with van der Waals surface area (Å²) in [4.78, 5) is 48.2. The first-order valence-electron chi connectivity index (χ1n) is 5.96. The molecule has 1 fully saturated rings. The highest BCUT2D eigenvalue weighted by Crippen LogP contribution is 2.27. The zero-order chi connectivity index (χ0) is 14.4. The standard InChI is InChI=1S/C13H9FN2O4/c14-6-1-2-8-9(3-6)13(20)16(12(8)19)10-4-7(17)5-15-11(10)18/h1-3,10H,4-5H2,(H,15,18). The van der Waals surface area contributed by atoms with Crippen molar-refractivity contribution in [3.05, 3.63) is 35.1 Å². The number of piperidine rings is 1. The average molecular weight is 276 g/mol. The molecule has 0 spiro atoms. The van der Waals surface area contributed by atoms with Crippen LogP contribution in [0.25, 0.3) is 0 Å². The van der Waals surface area contributed by atoms with Crippen molar-refractivity contribution >= 4 is 23.5 Å². The molecular formula is C13H9FN2O4. The third-order valence-electron chi connectivity index (χ3n) is 3.38. The van der Waals surface area contributed by atoms with E-state index >= 15 is 0 Å². The zero-order valence-corrected chi connectivity index (χ0v) is 10.2. The van der Waals surface area contributed by atoms with E-state index < -0.39 is 29.6 Å². The van der Waals surface area contributed by atoms with Crippen molar-refractivity contribution < 1.29 is 23.6 Å². The van der Waals surface area contributed by atoms with Crippen LogP contribution >= 0.6 is 0 Å². The highest BCUT2D eigenvalue weighted by atomic mass is 19.1. The van der Waals surface area contributed by atoms with E-state index in [4.69, 9.17) is 0 Å². The number of hydrogen-bond donors (Lipinski definition) is 1. The third kappa shape index (κ3) is 1.70. The molecule has 6 nitrogen and oxygen atoms in total. The lowest BCUT2D eigenvalue weighted by atomic mass is 10.0. The summed E-state index contributed by atoms with van der Waals surface area (Å²) < 4.78 is 13.2. The van der Waals surface area contributed by atoms with Gasteiger partial charge < -0.3 is 5.32 Å². The summed E-state index contributed by atoms with van der Waals surface area (Å²) in [6, 6.07) is 2.07. The number of amides is 3. The molecule has 2 heterocycles. The van der Waals surface area contributed by atoms with Gasteiger partial charge >= 0.3 is 0 Å². The van der Waals surface area contributed by atoms with E-state index in [1.165, 1.54) is 6.07 Å². The van der Waals surface area contributed by atoms with Gasteiger partial charge in [-0.2, -0.15) is 0 Å². The van der Waals surface area contributed by atoms with Gasteiger partial charge in [0.2, 0.25) is 5.91 Å². The van der Waals surface area contributed by atoms with Crippen LogP contribution in [0.2, 0.25) is 0 Å². The summed E-state index contributed by atoms with van der Waals surface area (Å²) in [5.74, 6) is -2.90. The number of benzene rings is 1. The Morgan fingerprint density at radius 1 is 1.10 bits per heavy atom. The molecule has 0 aliphatic carbocycles. The molecule has 1 N–H and O–H groups in total. The van der Waals surface area contributed by atoms with Crippen LogP contribution in [0.4, 0.5) is 4.39 Å². The van der Waals surface area contributed by atoms with Gasteiger partial charge in [-0.3, -0.25) is 24.1 Å². The highest BCUT2D eigenvalue weighted by molar-refractivity contribution is 6.23. The number of nitrogens with one attached hydrogen (secondary N) is 1. The molecular weight excluding hydrogens is 267 g/mol. The van der Waals surface area contributed by atoms with E-state index in [9.17, 15) is 23.6 Å². The molecule has 20 heavy (non-hydrogen) atoms. The molecule has 0 radical (unpaired) electrons. The summed E-state index contributed by atoms with van der Waals surface area (Å²) in [6.45, 7) is -0.104. The molecule has 1 saturated heterocycles. The molecule has 102 valence electrons. The quantitative estimate of drug-likeness (QED) is 0.725. The maximum Gasteiger partial charge on any atom is 0.262 e. The lowest BCUT2D eigenvalue weighted by Crippen LogP contribution is -2.55. The fourth-order valence-corrected chi connectivity index (χ4v) is 2.41. The minimum absolute atomic E-state index is 0.0437. The Kier molecular flexibility index (Phi) is 2.63. The van der Waals surface area contributed by atoms with Gasteiger partial charge in [-0.1, -0.05) is 0 Å².